The minimum Gasteiger partial charge on any atom is -0.336 e. The van der Waals surface area contributed by atoms with E-state index >= 15 is 0 Å². The predicted octanol–water partition coefficient (Wildman–Crippen LogP) is 4.16. The van der Waals surface area contributed by atoms with Crippen LogP contribution >= 0.6 is 0 Å². The van der Waals surface area contributed by atoms with Crippen molar-refractivity contribution < 1.29 is 14.3 Å². The maximum absolute atomic E-state index is 13.1. The monoisotopic (exact) mass is 331 g/mol. The number of carbonyl (C=O) groups excluding carboxylic acids is 1. The lowest BCUT2D eigenvalue weighted by Gasteiger charge is -2.22. The molecule has 0 N–H and O–H groups in total. The summed E-state index contributed by atoms with van der Waals surface area (Å²) in [6, 6.07) is 6.35. The summed E-state index contributed by atoms with van der Waals surface area (Å²) in [4.78, 5) is 14.9. The van der Waals surface area contributed by atoms with Gasteiger partial charge in [-0.3, -0.25) is 4.79 Å². The summed E-state index contributed by atoms with van der Waals surface area (Å²) in [6.45, 7) is 6.10. The van der Waals surface area contributed by atoms with Gasteiger partial charge in [-0.15, -0.1) is 0 Å². The van der Waals surface area contributed by atoms with E-state index in [0.29, 0.717) is 13.2 Å². The van der Waals surface area contributed by atoms with Crippen molar-refractivity contribution in [1.29, 1.82) is 0 Å². The number of rotatable bonds is 8. The normalized spacial score (nSPS) is 18.6. The Morgan fingerprint density at radius 2 is 1.79 bits per heavy atom. The van der Waals surface area contributed by atoms with Crippen LogP contribution in [0.25, 0.3) is 0 Å². The van der Waals surface area contributed by atoms with Crippen LogP contribution in [0.15, 0.2) is 18.2 Å². The van der Waals surface area contributed by atoms with Crippen molar-refractivity contribution in [3.63, 3.8) is 0 Å². The average molecular weight is 331 g/mol. The highest BCUT2D eigenvalue weighted by Gasteiger charge is 2.55. The van der Waals surface area contributed by atoms with Gasteiger partial charge < -0.3 is 14.4 Å². The number of unbranched alkanes of at least 4 members (excludes halogenated alkanes) is 4. The molecule has 0 unspecified atom stereocenters. The van der Waals surface area contributed by atoms with E-state index in [1.165, 1.54) is 18.4 Å². The Hall–Kier alpha value is -1.39. The standard InChI is InChI=1S/C20H29NO3/c1-3-5-7-8-12-21-18-11-10-16(9-6-4-2)15-17(18)20(19(21)22)23-13-14-24-20/h10-11,15H,3-9,12-14H2,1-2H3. The van der Waals surface area contributed by atoms with E-state index in [2.05, 4.69) is 32.0 Å². The van der Waals surface area contributed by atoms with Gasteiger partial charge in [-0.1, -0.05) is 45.6 Å². The van der Waals surface area contributed by atoms with Crippen LogP contribution in [0.1, 0.15) is 63.5 Å². The third-order valence-electron chi connectivity index (χ3n) is 4.98. The average Bonchev–Trinajstić information content (AvgIpc) is 3.17. The number of aryl methyl sites for hydroxylation is 1. The Kier molecular flexibility index (Phi) is 5.57. The number of carbonyl (C=O) groups is 1. The molecule has 0 aromatic heterocycles. The van der Waals surface area contributed by atoms with Gasteiger partial charge in [0.2, 0.25) is 0 Å². The molecule has 0 saturated carbocycles. The lowest BCUT2D eigenvalue weighted by molar-refractivity contribution is -0.180. The molecule has 1 aromatic rings. The first-order chi connectivity index (χ1) is 11.7. The fourth-order valence-electron chi connectivity index (χ4n) is 3.63. The molecule has 24 heavy (non-hydrogen) atoms. The summed E-state index contributed by atoms with van der Waals surface area (Å²) in [6.07, 6.45) is 7.93. The second kappa shape index (κ2) is 7.66. The van der Waals surface area contributed by atoms with Crippen molar-refractivity contribution in [1.82, 2.24) is 0 Å². The van der Waals surface area contributed by atoms with E-state index in [1.54, 1.807) is 0 Å². The first-order valence-electron chi connectivity index (χ1n) is 9.46. The van der Waals surface area contributed by atoms with Gasteiger partial charge in [-0.05, 0) is 37.0 Å². The van der Waals surface area contributed by atoms with Crippen LogP contribution < -0.4 is 4.90 Å². The summed E-state index contributed by atoms with van der Waals surface area (Å²) in [5.41, 5.74) is 3.14. The van der Waals surface area contributed by atoms with E-state index in [4.69, 9.17) is 9.47 Å². The quantitative estimate of drug-likeness (QED) is 0.672. The summed E-state index contributed by atoms with van der Waals surface area (Å²) >= 11 is 0. The van der Waals surface area contributed by atoms with Crippen LogP contribution in [0, 0.1) is 0 Å². The topological polar surface area (TPSA) is 38.8 Å². The summed E-state index contributed by atoms with van der Waals surface area (Å²) in [7, 11) is 0. The fourth-order valence-corrected chi connectivity index (χ4v) is 3.63. The Balaban J connectivity index is 1.85. The molecule has 0 radical (unpaired) electrons. The summed E-state index contributed by atoms with van der Waals surface area (Å²) in [5, 5.41) is 0. The largest absolute Gasteiger partial charge is 0.336 e. The molecule has 4 nitrogen and oxygen atoms in total. The Labute approximate surface area is 145 Å². The van der Waals surface area contributed by atoms with E-state index in [0.717, 1.165) is 49.9 Å². The zero-order chi connectivity index (χ0) is 17.0. The van der Waals surface area contributed by atoms with E-state index in [1.807, 2.05) is 4.90 Å². The van der Waals surface area contributed by atoms with Crippen molar-refractivity contribution in [2.45, 2.75) is 64.6 Å². The predicted molar refractivity (Wildman–Crippen MR) is 95.1 cm³/mol. The maximum Gasteiger partial charge on any atom is 0.292 e. The molecule has 132 valence electrons. The SMILES string of the molecule is CCCCCCN1C(=O)C2(OCCO2)c2cc(CCCC)ccc21. The lowest BCUT2D eigenvalue weighted by Crippen LogP contribution is -2.41. The molecule has 1 amide bonds. The minimum atomic E-state index is -1.18. The van der Waals surface area contributed by atoms with Crippen molar-refractivity contribution in [3.05, 3.63) is 29.3 Å². The number of hydrogen-bond donors (Lipinski definition) is 0. The van der Waals surface area contributed by atoms with Crippen LogP contribution in [0.3, 0.4) is 0 Å². The zero-order valence-corrected chi connectivity index (χ0v) is 15.0. The molecule has 1 saturated heterocycles. The summed E-state index contributed by atoms with van der Waals surface area (Å²) < 4.78 is 11.7. The number of amides is 1. The fraction of sp³-hybridized carbons (Fsp3) is 0.650. The van der Waals surface area contributed by atoms with Crippen LogP contribution in [-0.4, -0.2) is 25.7 Å². The molecule has 0 bridgehead atoms. The van der Waals surface area contributed by atoms with Crippen molar-refractivity contribution >= 4 is 11.6 Å². The highest BCUT2D eigenvalue weighted by atomic mass is 16.7. The minimum absolute atomic E-state index is 0.0425. The van der Waals surface area contributed by atoms with Gasteiger partial charge in [0.15, 0.2) is 0 Å². The second-order valence-corrected chi connectivity index (χ2v) is 6.79. The highest BCUT2D eigenvalue weighted by molar-refractivity contribution is 6.06. The molecule has 4 heteroatoms. The van der Waals surface area contributed by atoms with Gasteiger partial charge in [0.25, 0.3) is 11.7 Å². The van der Waals surface area contributed by atoms with Crippen LogP contribution in [-0.2, 0) is 26.5 Å². The Morgan fingerprint density at radius 3 is 2.50 bits per heavy atom. The van der Waals surface area contributed by atoms with Gasteiger partial charge in [0, 0.05) is 12.1 Å². The van der Waals surface area contributed by atoms with Gasteiger partial charge in [-0.2, -0.15) is 0 Å². The van der Waals surface area contributed by atoms with Gasteiger partial charge in [0.1, 0.15) is 0 Å². The van der Waals surface area contributed by atoms with Crippen molar-refractivity contribution in [3.8, 4) is 0 Å². The molecule has 1 fully saturated rings. The molecule has 1 aromatic carbocycles. The van der Waals surface area contributed by atoms with Crippen molar-refractivity contribution in [2.75, 3.05) is 24.7 Å². The lowest BCUT2D eigenvalue weighted by atomic mass is 10.0. The molecule has 0 atom stereocenters. The van der Waals surface area contributed by atoms with E-state index in [-0.39, 0.29) is 5.91 Å². The number of benzene rings is 1. The van der Waals surface area contributed by atoms with Gasteiger partial charge >= 0.3 is 0 Å². The first kappa shape index (κ1) is 17.4. The molecule has 2 heterocycles. The third kappa shape index (κ3) is 3.09. The second-order valence-electron chi connectivity index (χ2n) is 6.79. The Morgan fingerprint density at radius 1 is 1.04 bits per heavy atom. The van der Waals surface area contributed by atoms with Crippen LogP contribution in [0.5, 0.6) is 0 Å². The number of nitrogens with zero attached hydrogens (tertiary/aromatic N) is 1. The zero-order valence-electron chi connectivity index (χ0n) is 15.0. The Bertz CT molecular complexity index is 578. The molecular formula is C20H29NO3. The molecule has 2 aliphatic rings. The van der Waals surface area contributed by atoms with Crippen LogP contribution in [0.2, 0.25) is 0 Å². The van der Waals surface area contributed by atoms with Crippen molar-refractivity contribution in [2.24, 2.45) is 0 Å². The number of fused-ring (bicyclic) bond motifs is 2. The first-order valence-corrected chi connectivity index (χ1v) is 9.46. The van der Waals surface area contributed by atoms with Gasteiger partial charge in [0.05, 0.1) is 18.9 Å². The highest BCUT2D eigenvalue weighted by Crippen LogP contribution is 2.46. The molecule has 3 rings (SSSR count). The van der Waals surface area contributed by atoms with E-state index in [9.17, 15) is 4.79 Å². The molecular weight excluding hydrogens is 302 g/mol. The molecule has 1 spiro atoms. The smallest absolute Gasteiger partial charge is 0.292 e. The third-order valence-corrected chi connectivity index (χ3v) is 4.98. The number of ether oxygens (including phenoxy) is 2. The number of anilines is 1. The molecule has 2 aliphatic heterocycles. The maximum atomic E-state index is 13.1. The summed E-state index contributed by atoms with van der Waals surface area (Å²) in [5.74, 6) is -1.22. The van der Waals surface area contributed by atoms with Gasteiger partial charge in [-0.25, -0.2) is 0 Å². The van der Waals surface area contributed by atoms with Crippen LogP contribution in [0.4, 0.5) is 5.69 Å². The van der Waals surface area contributed by atoms with E-state index < -0.39 is 5.79 Å². The number of hydrogen-bond acceptors (Lipinski definition) is 3. The molecule has 0 aliphatic carbocycles.